The molecule has 1 aliphatic heterocycles. The first kappa shape index (κ1) is 14.0. The molecule has 0 spiro atoms. The van der Waals surface area contributed by atoms with Gasteiger partial charge in [-0.05, 0) is 25.8 Å². The maximum Gasteiger partial charge on any atom is 0.240 e. The van der Waals surface area contributed by atoms with E-state index >= 15 is 0 Å². The summed E-state index contributed by atoms with van der Waals surface area (Å²) in [6.07, 6.45) is 6.45. The predicted molar refractivity (Wildman–Crippen MR) is 71.3 cm³/mol. The number of carbonyl (C=O) groups is 1. The smallest absolute Gasteiger partial charge is 0.240 e. The van der Waals surface area contributed by atoms with Crippen molar-refractivity contribution in [3.05, 3.63) is 18.5 Å². The number of rotatable bonds is 4. The molecule has 19 heavy (non-hydrogen) atoms. The second-order valence-corrected chi connectivity index (χ2v) is 7.39. The SMILES string of the molecule is C[C@@H](C(=O)N1CCC[C@@H]1Cn1cccn1)S(C)(=O)=O. The lowest BCUT2D eigenvalue weighted by atomic mass is 10.2. The second kappa shape index (κ2) is 5.32. The third-order valence-corrected chi connectivity index (χ3v) is 5.09. The van der Waals surface area contributed by atoms with Crippen LogP contribution in [0.25, 0.3) is 0 Å². The summed E-state index contributed by atoms with van der Waals surface area (Å²) < 4.78 is 24.8. The maximum atomic E-state index is 12.2. The Morgan fingerprint density at radius 1 is 1.53 bits per heavy atom. The van der Waals surface area contributed by atoms with Gasteiger partial charge in [-0.15, -0.1) is 0 Å². The molecular weight excluding hydrogens is 266 g/mol. The highest BCUT2D eigenvalue weighted by molar-refractivity contribution is 7.92. The fourth-order valence-electron chi connectivity index (χ4n) is 2.36. The molecule has 1 aromatic heterocycles. The van der Waals surface area contributed by atoms with Crippen molar-refractivity contribution in [3.8, 4) is 0 Å². The van der Waals surface area contributed by atoms with Crippen LogP contribution in [-0.2, 0) is 21.2 Å². The van der Waals surface area contributed by atoms with Gasteiger partial charge in [0.25, 0.3) is 0 Å². The number of likely N-dealkylation sites (tertiary alicyclic amines) is 1. The summed E-state index contributed by atoms with van der Waals surface area (Å²) in [6, 6.07) is 1.87. The van der Waals surface area contributed by atoms with Crippen LogP contribution in [0.2, 0.25) is 0 Å². The highest BCUT2D eigenvalue weighted by atomic mass is 32.2. The topological polar surface area (TPSA) is 72.3 Å². The Labute approximate surface area is 113 Å². The van der Waals surface area contributed by atoms with E-state index in [2.05, 4.69) is 5.10 Å². The van der Waals surface area contributed by atoms with Gasteiger partial charge in [0, 0.05) is 25.2 Å². The van der Waals surface area contributed by atoms with Crippen LogP contribution in [0.5, 0.6) is 0 Å². The molecule has 2 heterocycles. The number of nitrogens with zero attached hydrogens (tertiary/aromatic N) is 3. The molecular formula is C12H19N3O3S. The van der Waals surface area contributed by atoms with Crippen LogP contribution in [0.15, 0.2) is 18.5 Å². The van der Waals surface area contributed by atoms with E-state index in [1.807, 2.05) is 12.3 Å². The molecule has 0 unspecified atom stereocenters. The van der Waals surface area contributed by atoms with E-state index in [9.17, 15) is 13.2 Å². The van der Waals surface area contributed by atoms with Gasteiger partial charge in [-0.3, -0.25) is 9.48 Å². The second-order valence-electron chi connectivity index (χ2n) is 5.03. The zero-order valence-electron chi connectivity index (χ0n) is 11.2. The highest BCUT2D eigenvalue weighted by Gasteiger charge is 2.35. The molecule has 1 aliphatic rings. The Balaban J connectivity index is 2.08. The monoisotopic (exact) mass is 285 g/mol. The fourth-order valence-corrected chi connectivity index (χ4v) is 2.86. The van der Waals surface area contributed by atoms with Crippen LogP contribution in [-0.4, -0.2) is 53.1 Å². The predicted octanol–water partition coefficient (Wildman–Crippen LogP) is 0.307. The molecule has 0 aliphatic carbocycles. The molecule has 6 nitrogen and oxygen atoms in total. The van der Waals surface area contributed by atoms with E-state index in [0.717, 1.165) is 19.1 Å². The van der Waals surface area contributed by atoms with Gasteiger partial charge in [0.05, 0.1) is 12.6 Å². The molecule has 0 radical (unpaired) electrons. The zero-order valence-corrected chi connectivity index (χ0v) is 12.0. The number of hydrogen-bond donors (Lipinski definition) is 0. The number of aromatic nitrogens is 2. The van der Waals surface area contributed by atoms with Crippen LogP contribution >= 0.6 is 0 Å². The third kappa shape index (κ3) is 3.15. The van der Waals surface area contributed by atoms with Crippen molar-refractivity contribution in [2.45, 2.75) is 37.6 Å². The van der Waals surface area contributed by atoms with E-state index in [0.29, 0.717) is 13.1 Å². The van der Waals surface area contributed by atoms with Gasteiger partial charge in [0.2, 0.25) is 5.91 Å². The van der Waals surface area contributed by atoms with Gasteiger partial charge in [0.15, 0.2) is 9.84 Å². The minimum Gasteiger partial charge on any atom is -0.337 e. The van der Waals surface area contributed by atoms with Crippen LogP contribution in [0.1, 0.15) is 19.8 Å². The van der Waals surface area contributed by atoms with Crippen LogP contribution in [0.3, 0.4) is 0 Å². The van der Waals surface area contributed by atoms with E-state index in [4.69, 9.17) is 0 Å². The summed E-state index contributed by atoms with van der Waals surface area (Å²) >= 11 is 0. The number of carbonyl (C=O) groups excluding carboxylic acids is 1. The molecule has 0 N–H and O–H groups in total. The van der Waals surface area contributed by atoms with Gasteiger partial charge in [0.1, 0.15) is 5.25 Å². The maximum absolute atomic E-state index is 12.2. The third-order valence-electron chi connectivity index (χ3n) is 3.61. The first-order valence-corrected chi connectivity index (χ1v) is 8.32. The quantitative estimate of drug-likeness (QED) is 0.798. The largest absolute Gasteiger partial charge is 0.337 e. The average molecular weight is 285 g/mol. The molecule has 0 aromatic carbocycles. The van der Waals surface area contributed by atoms with Crippen molar-refractivity contribution in [3.63, 3.8) is 0 Å². The molecule has 1 amide bonds. The minimum absolute atomic E-state index is 0.0385. The molecule has 2 atom stereocenters. The van der Waals surface area contributed by atoms with Crippen molar-refractivity contribution >= 4 is 15.7 Å². The van der Waals surface area contributed by atoms with Crippen LogP contribution < -0.4 is 0 Å². The molecule has 1 aromatic rings. The molecule has 1 saturated heterocycles. The first-order valence-electron chi connectivity index (χ1n) is 6.36. The van der Waals surface area contributed by atoms with Gasteiger partial charge < -0.3 is 4.90 Å². The fraction of sp³-hybridized carbons (Fsp3) is 0.667. The van der Waals surface area contributed by atoms with Crippen LogP contribution in [0.4, 0.5) is 0 Å². The van der Waals surface area contributed by atoms with Crippen LogP contribution in [0, 0.1) is 0 Å². The van der Waals surface area contributed by atoms with Gasteiger partial charge in [-0.2, -0.15) is 5.10 Å². The van der Waals surface area contributed by atoms with E-state index in [-0.39, 0.29) is 11.9 Å². The number of sulfone groups is 1. The normalized spacial score (nSPS) is 21.6. The zero-order chi connectivity index (χ0) is 14.0. The van der Waals surface area contributed by atoms with E-state index in [1.165, 1.54) is 6.92 Å². The lowest BCUT2D eigenvalue weighted by Gasteiger charge is -2.26. The molecule has 0 saturated carbocycles. The number of hydrogen-bond acceptors (Lipinski definition) is 4. The number of amides is 1. The van der Waals surface area contributed by atoms with Crippen molar-refractivity contribution in [1.29, 1.82) is 0 Å². The summed E-state index contributed by atoms with van der Waals surface area (Å²) in [5.74, 6) is -0.294. The summed E-state index contributed by atoms with van der Waals surface area (Å²) in [5, 5.41) is 3.16. The van der Waals surface area contributed by atoms with Crippen molar-refractivity contribution in [1.82, 2.24) is 14.7 Å². The summed E-state index contributed by atoms with van der Waals surface area (Å²) in [4.78, 5) is 13.9. The Bertz CT molecular complexity index is 539. The average Bonchev–Trinajstić information content (AvgIpc) is 2.98. The minimum atomic E-state index is -3.34. The Kier molecular flexibility index (Phi) is 3.93. The van der Waals surface area contributed by atoms with Crippen molar-refractivity contribution in [2.24, 2.45) is 0 Å². The standard InChI is InChI=1S/C12H19N3O3S/c1-10(19(2,17)18)12(16)15-8-3-5-11(15)9-14-7-4-6-13-14/h4,6-7,10-11H,3,5,8-9H2,1-2H3/t10-,11+/m0/s1. The molecule has 2 rings (SSSR count). The van der Waals surface area contributed by atoms with Gasteiger partial charge in [-0.25, -0.2) is 8.42 Å². The van der Waals surface area contributed by atoms with Gasteiger partial charge in [-0.1, -0.05) is 0 Å². The summed E-state index contributed by atoms with van der Waals surface area (Å²) in [5.41, 5.74) is 0. The van der Waals surface area contributed by atoms with Gasteiger partial charge >= 0.3 is 0 Å². The van der Waals surface area contributed by atoms with E-state index in [1.54, 1.807) is 15.8 Å². The highest BCUT2D eigenvalue weighted by Crippen LogP contribution is 2.21. The molecule has 7 heteroatoms. The Morgan fingerprint density at radius 3 is 2.84 bits per heavy atom. The lowest BCUT2D eigenvalue weighted by molar-refractivity contribution is -0.131. The first-order chi connectivity index (χ1) is 8.89. The Hall–Kier alpha value is -1.37. The summed E-state index contributed by atoms with van der Waals surface area (Å²) in [6.45, 7) is 2.71. The van der Waals surface area contributed by atoms with E-state index < -0.39 is 15.1 Å². The summed E-state index contributed by atoms with van der Waals surface area (Å²) in [7, 11) is -3.34. The molecule has 106 valence electrons. The molecule has 0 bridgehead atoms. The van der Waals surface area contributed by atoms with Crippen molar-refractivity contribution < 1.29 is 13.2 Å². The Morgan fingerprint density at radius 2 is 2.26 bits per heavy atom. The molecule has 1 fully saturated rings. The lowest BCUT2D eigenvalue weighted by Crippen LogP contribution is -2.45. The van der Waals surface area contributed by atoms with Crippen molar-refractivity contribution in [2.75, 3.05) is 12.8 Å².